The number of benzene rings is 1. The summed E-state index contributed by atoms with van der Waals surface area (Å²) in [6.07, 6.45) is 3.68. The molecule has 1 saturated carbocycles. The SMILES string of the molecule is CC1CCCC(N)(Cc2ccc(F)cc2F)C1C. The Kier molecular flexibility index (Phi) is 3.71. The molecule has 0 heterocycles. The van der Waals surface area contributed by atoms with Crippen molar-refractivity contribution in [2.24, 2.45) is 17.6 Å². The van der Waals surface area contributed by atoms with Gasteiger partial charge in [0.05, 0.1) is 0 Å². The lowest BCUT2D eigenvalue weighted by molar-refractivity contribution is 0.142. The van der Waals surface area contributed by atoms with Crippen LogP contribution < -0.4 is 5.73 Å². The smallest absolute Gasteiger partial charge is 0.129 e. The van der Waals surface area contributed by atoms with E-state index in [-0.39, 0.29) is 5.54 Å². The summed E-state index contributed by atoms with van der Waals surface area (Å²) in [6, 6.07) is 3.76. The van der Waals surface area contributed by atoms with Crippen molar-refractivity contribution in [3.05, 3.63) is 35.4 Å². The van der Waals surface area contributed by atoms with E-state index in [2.05, 4.69) is 13.8 Å². The largest absolute Gasteiger partial charge is 0.325 e. The van der Waals surface area contributed by atoms with Crippen LogP contribution in [0.15, 0.2) is 18.2 Å². The number of nitrogens with two attached hydrogens (primary N) is 1. The van der Waals surface area contributed by atoms with E-state index in [9.17, 15) is 8.78 Å². The second kappa shape index (κ2) is 4.96. The topological polar surface area (TPSA) is 26.0 Å². The van der Waals surface area contributed by atoms with Gasteiger partial charge in [-0.15, -0.1) is 0 Å². The van der Waals surface area contributed by atoms with Gasteiger partial charge < -0.3 is 5.73 Å². The maximum atomic E-state index is 13.7. The van der Waals surface area contributed by atoms with Gasteiger partial charge in [-0.05, 0) is 36.3 Å². The van der Waals surface area contributed by atoms with Gasteiger partial charge in [-0.1, -0.05) is 32.8 Å². The van der Waals surface area contributed by atoms with Crippen molar-refractivity contribution in [1.29, 1.82) is 0 Å². The molecule has 0 bridgehead atoms. The second-order valence-electron chi connectivity index (χ2n) is 5.80. The monoisotopic (exact) mass is 253 g/mol. The average molecular weight is 253 g/mol. The third-order valence-corrected chi connectivity index (χ3v) is 4.60. The Morgan fingerprint density at radius 1 is 1.33 bits per heavy atom. The van der Waals surface area contributed by atoms with Crippen LogP contribution in [0.3, 0.4) is 0 Å². The molecule has 0 saturated heterocycles. The Labute approximate surface area is 107 Å². The van der Waals surface area contributed by atoms with Gasteiger partial charge in [0.15, 0.2) is 0 Å². The first kappa shape index (κ1) is 13.5. The zero-order chi connectivity index (χ0) is 13.3. The first-order valence-corrected chi connectivity index (χ1v) is 6.65. The third kappa shape index (κ3) is 2.56. The van der Waals surface area contributed by atoms with Crippen molar-refractivity contribution in [2.45, 2.75) is 45.1 Å². The normalized spacial score (nSPS) is 32.5. The van der Waals surface area contributed by atoms with Gasteiger partial charge >= 0.3 is 0 Å². The molecule has 1 aliphatic carbocycles. The van der Waals surface area contributed by atoms with Gasteiger partial charge in [0.25, 0.3) is 0 Å². The summed E-state index contributed by atoms with van der Waals surface area (Å²) in [7, 11) is 0. The van der Waals surface area contributed by atoms with Crippen LogP contribution in [0.25, 0.3) is 0 Å². The highest BCUT2D eigenvalue weighted by Crippen LogP contribution is 2.38. The van der Waals surface area contributed by atoms with E-state index in [1.807, 2.05) is 0 Å². The molecule has 0 spiro atoms. The summed E-state index contributed by atoms with van der Waals surface area (Å²) in [4.78, 5) is 0. The summed E-state index contributed by atoms with van der Waals surface area (Å²) in [5, 5.41) is 0. The molecular weight excluding hydrogens is 232 g/mol. The lowest BCUT2D eigenvalue weighted by Crippen LogP contribution is -2.52. The molecule has 0 aromatic heterocycles. The molecule has 3 heteroatoms. The summed E-state index contributed by atoms with van der Waals surface area (Å²) >= 11 is 0. The van der Waals surface area contributed by atoms with Crippen molar-refractivity contribution in [1.82, 2.24) is 0 Å². The highest BCUT2D eigenvalue weighted by Gasteiger charge is 2.38. The van der Waals surface area contributed by atoms with Gasteiger partial charge in [0.2, 0.25) is 0 Å². The molecule has 2 rings (SSSR count). The van der Waals surface area contributed by atoms with E-state index in [1.54, 1.807) is 0 Å². The summed E-state index contributed by atoms with van der Waals surface area (Å²) in [6.45, 7) is 4.34. The second-order valence-corrected chi connectivity index (χ2v) is 5.80. The predicted octanol–water partition coefficient (Wildman–Crippen LogP) is 3.66. The van der Waals surface area contributed by atoms with E-state index in [0.717, 1.165) is 18.9 Å². The minimum absolute atomic E-state index is 0.357. The van der Waals surface area contributed by atoms with Crippen LogP contribution in [-0.4, -0.2) is 5.54 Å². The summed E-state index contributed by atoms with van der Waals surface area (Å²) in [5.41, 5.74) is 6.63. The van der Waals surface area contributed by atoms with Gasteiger partial charge in [-0.3, -0.25) is 0 Å². The van der Waals surface area contributed by atoms with E-state index >= 15 is 0 Å². The van der Waals surface area contributed by atoms with Crippen LogP contribution in [0.1, 0.15) is 38.7 Å². The van der Waals surface area contributed by atoms with Crippen molar-refractivity contribution < 1.29 is 8.78 Å². The number of hydrogen-bond donors (Lipinski definition) is 1. The maximum absolute atomic E-state index is 13.7. The quantitative estimate of drug-likeness (QED) is 0.855. The fraction of sp³-hybridized carbons (Fsp3) is 0.600. The zero-order valence-corrected chi connectivity index (χ0v) is 11.0. The minimum Gasteiger partial charge on any atom is -0.325 e. The van der Waals surface area contributed by atoms with Crippen molar-refractivity contribution in [2.75, 3.05) is 0 Å². The maximum Gasteiger partial charge on any atom is 0.129 e. The van der Waals surface area contributed by atoms with Gasteiger partial charge in [0, 0.05) is 11.6 Å². The van der Waals surface area contributed by atoms with Gasteiger partial charge in [0.1, 0.15) is 11.6 Å². The summed E-state index contributed by atoms with van der Waals surface area (Å²) < 4.78 is 26.6. The zero-order valence-electron chi connectivity index (χ0n) is 11.0. The fourth-order valence-electron chi connectivity index (χ4n) is 3.07. The summed E-state index contributed by atoms with van der Waals surface area (Å²) in [5.74, 6) is -0.0967. The van der Waals surface area contributed by atoms with Crippen LogP contribution in [-0.2, 0) is 6.42 Å². The molecule has 1 aromatic rings. The molecule has 1 aromatic carbocycles. The molecule has 2 N–H and O–H groups in total. The fourth-order valence-corrected chi connectivity index (χ4v) is 3.07. The Bertz CT molecular complexity index is 433. The first-order valence-electron chi connectivity index (χ1n) is 6.65. The predicted molar refractivity (Wildman–Crippen MR) is 69.2 cm³/mol. The molecule has 1 fully saturated rings. The number of halogens is 2. The molecule has 0 aliphatic heterocycles. The minimum atomic E-state index is -0.535. The van der Waals surface area contributed by atoms with Crippen LogP contribution in [0.5, 0.6) is 0 Å². The highest BCUT2D eigenvalue weighted by molar-refractivity contribution is 5.22. The average Bonchev–Trinajstić information content (AvgIpc) is 2.30. The van der Waals surface area contributed by atoms with E-state index in [1.165, 1.54) is 18.6 Å². The van der Waals surface area contributed by atoms with Crippen LogP contribution in [0.2, 0.25) is 0 Å². The van der Waals surface area contributed by atoms with E-state index in [4.69, 9.17) is 5.73 Å². The Balaban J connectivity index is 2.21. The van der Waals surface area contributed by atoms with Crippen LogP contribution in [0, 0.1) is 23.5 Å². The van der Waals surface area contributed by atoms with Crippen molar-refractivity contribution >= 4 is 0 Å². The standard InChI is InChI=1S/C15H21F2N/c1-10-4-3-7-15(18,11(10)2)9-12-5-6-13(16)8-14(12)17/h5-6,8,10-11H,3-4,7,9,18H2,1-2H3. The highest BCUT2D eigenvalue weighted by atomic mass is 19.1. The van der Waals surface area contributed by atoms with E-state index < -0.39 is 11.6 Å². The molecule has 3 unspecified atom stereocenters. The molecule has 18 heavy (non-hydrogen) atoms. The Morgan fingerprint density at radius 2 is 2.06 bits per heavy atom. The first-order chi connectivity index (χ1) is 8.42. The molecule has 3 atom stereocenters. The lowest BCUT2D eigenvalue weighted by Gasteiger charge is -2.43. The van der Waals surface area contributed by atoms with Crippen molar-refractivity contribution in [3.8, 4) is 0 Å². The lowest BCUT2D eigenvalue weighted by atomic mass is 9.66. The Morgan fingerprint density at radius 3 is 2.72 bits per heavy atom. The number of hydrogen-bond acceptors (Lipinski definition) is 1. The van der Waals surface area contributed by atoms with Crippen LogP contribution >= 0.6 is 0 Å². The molecule has 0 radical (unpaired) electrons. The van der Waals surface area contributed by atoms with Gasteiger partial charge in [-0.25, -0.2) is 8.78 Å². The Hall–Kier alpha value is -0.960. The van der Waals surface area contributed by atoms with Gasteiger partial charge in [-0.2, -0.15) is 0 Å². The molecule has 100 valence electrons. The van der Waals surface area contributed by atoms with Crippen molar-refractivity contribution in [3.63, 3.8) is 0 Å². The molecule has 0 amide bonds. The number of rotatable bonds is 2. The molecular formula is C15H21F2N. The molecule has 1 aliphatic rings. The molecule has 1 nitrogen and oxygen atoms in total. The van der Waals surface area contributed by atoms with E-state index in [0.29, 0.717) is 23.8 Å². The third-order valence-electron chi connectivity index (χ3n) is 4.60. The van der Waals surface area contributed by atoms with Crippen LogP contribution in [0.4, 0.5) is 8.78 Å².